The zero-order valence-corrected chi connectivity index (χ0v) is 19.1. The van der Waals surface area contributed by atoms with E-state index in [0.717, 1.165) is 34.2 Å². The van der Waals surface area contributed by atoms with E-state index in [1.54, 1.807) is 12.1 Å². The monoisotopic (exact) mass is 488 g/mol. The van der Waals surface area contributed by atoms with E-state index in [0.29, 0.717) is 16.5 Å². The SMILES string of the molecule is CNC(=O)c1c(F)ccc(OCc2nc3cc(Cl)ccc3s2)c1F.O=CCc1ccccc1. The molecule has 0 saturated heterocycles. The van der Waals surface area contributed by atoms with E-state index in [2.05, 4.69) is 10.3 Å². The summed E-state index contributed by atoms with van der Waals surface area (Å²) in [7, 11) is 1.29. The molecule has 0 saturated carbocycles. The molecule has 4 aromatic rings. The van der Waals surface area contributed by atoms with Gasteiger partial charge in [-0.25, -0.2) is 13.8 Å². The predicted molar refractivity (Wildman–Crippen MR) is 125 cm³/mol. The van der Waals surface area contributed by atoms with Gasteiger partial charge in [0.05, 0.1) is 10.2 Å². The van der Waals surface area contributed by atoms with Crippen molar-refractivity contribution < 1.29 is 23.1 Å². The minimum absolute atomic E-state index is 0.00724. The number of aldehydes is 1. The molecule has 3 aromatic carbocycles. The topological polar surface area (TPSA) is 68.3 Å². The highest BCUT2D eigenvalue weighted by Crippen LogP contribution is 2.28. The van der Waals surface area contributed by atoms with Gasteiger partial charge in [0.25, 0.3) is 5.91 Å². The summed E-state index contributed by atoms with van der Waals surface area (Å²) < 4.78 is 34.2. The molecule has 4 rings (SSSR count). The predicted octanol–water partition coefficient (Wildman–Crippen LogP) is 5.59. The fraction of sp³-hybridized carbons (Fsp3) is 0.125. The highest BCUT2D eigenvalue weighted by molar-refractivity contribution is 7.18. The molecule has 0 aliphatic rings. The van der Waals surface area contributed by atoms with Gasteiger partial charge in [0.2, 0.25) is 0 Å². The molecule has 33 heavy (non-hydrogen) atoms. The number of carbonyl (C=O) groups excluding carboxylic acids is 2. The van der Waals surface area contributed by atoms with Crippen LogP contribution in [0.4, 0.5) is 8.78 Å². The Labute approximate surface area is 198 Å². The van der Waals surface area contributed by atoms with Crippen LogP contribution in [0.15, 0.2) is 60.7 Å². The Morgan fingerprint density at radius 1 is 1.15 bits per heavy atom. The number of hydrogen-bond acceptors (Lipinski definition) is 5. The standard InChI is InChI=1S/C16H11ClF2N2O2S.C8H8O/c1-20-16(22)14-9(18)3-4-11(15(14)19)23-7-13-21-10-6-8(17)2-5-12(10)24-13;9-7-6-8-4-2-1-3-5-8/h2-6H,7H2,1H3,(H,20,22);1-5,7H,6H2. The Bertz CT molecular complexity index is 1270. The smallest absolute Gasteiger partial charge is 0.257 e. The van der Waals surface area contributed by atoms with Gasteiger partial charge in [-0.05, 0) is 35.9 Å². The number of hydrogen-bond donors (Lipinski definition) is 1. The number of benzene rings is 3. The van der Waals surface area contributed by atoms with E-state index in [4.69, 9.17) is 16.3 Å². The first kappa shape index (κ1) is 24.3. The molecule has 0 bridgehead atoms. The van der Waals surface area contributed by atoms with Gasteiger partial charge in [0, 0.05) is 18.5 Å². The van der Waals surface area contributed by atoms with Gasteiger partial charge in [-0.1, -0.05) is 41.9 Å². The lowest BCUT2D eigenvalue weighted by Crippen LogP contribution is -2.21. The van der Waals surface area contributed by atoms with Crippen LogP contribution in [0, 0.1) is 11.6 Å². The van der Waals surface area contributed by atoms with Crippen LogP contribution < -0.4 is 10.1 Å². The maximum absolute atomic E-state index is 14.3. The number of thiazole rings is 1. The largest absolute Gasteiger partial charge is 0.483 e. The fourth-order valence-corrected chi connectivity index (χ4v) is 3.87. The number of carbonyl (C=O) groups is 2. The highest BCUT2D eigenvalue weighted by atomic mass is 35.5. The first-order valence-electron chi connectivity index (χ1n) is 9.78. The third-order valence-corrected chi connectivity index (χ3v) is 5.66. The van der Waals surface area contributed by atoms with Crippen molar-refractivity contribution in [1.82, 2.24) is 10.3 Å². The van der Waals surface area contributed by atoms with E-state index in [1.165, 1.54) is 18.4 Å². The molecule has 0 radical (unpaired) electrons. The maximum Gasteiger partial charge on any atom is 0.257 e. The summed E-state index contributed by atoms with van der Waals surface area (Å²) in [4.78, 5) is 25.9. The van der Waals surface area contributed by atoms with Gasteiger partial charge < -0.3 is 14.8 Å². The van der Waals surface area contributed by atoms with E-state index < -0.39 is 23.1 Å². The van der Waals surface area contributed by atoms with Gasteiger partial charge >= 0.3 is 0 Å². The molecule has 1 amide bonds. The lowest BCUT2D eigenvalue weighted by molar-refractivity contribution is -0.107. The molecule has 1 heterocycles. The van der Waals surface area contributed by atoms with Crippen molar-refractivity contribution in [3.05, 3.63) is 93.5 Å². The van der Waals surface area contributed by atoms with Gasteiger partial charge in [-0.15, -0.1) is 11.3 Å². The molecule has 0 aliphatic heterocycles. The number of amides is 1. The van der Waals surface area contributed by atoms with Crippen molar-refractivity contribution in [2.45, 2.75) is 13.0 Å². The van der Waals surface area contributed by atoms with E-state index >= 15 is 0 Å². The zero-order valence-electron chi connectivity index (χ0n) is 17.5. The van der Waals surface area contributed by atoms with Crippen molar-refractivity contribution >= 4 is 45.3 Å². The summed E-state index contributed by atoms with van der Waals surface area (Å²) in [6.45, 7) is -0.00724. The molecule has 1 aromatic heterocycles. The Morgan fingerprint density at radius 3 is 2.61 bits per heavy atom. The Balaban J connectivity index is 0.000000286. The average molecular weight is 489 g/mol. The van der Waals surface area contributed by atoms with E-state index in [1.807, 2.05) is 36.4 Å². The average Bonchev–Trinajstić information content (AvgIpc) is 3.22. The van der Waals surface area contributed by atoms with Gasteiger partial charge in [0.1, 0.15) is 29.3 Å². The van der Waals surface area contributed by atoms with Crippen LogP contribution in [0.1, 0.15) is 20.9 Å². The molecule has 0 fully saturated rings. The molecule has 170 valence electrons. The highest BCUT2D eigenvalue weighted by Gasteiger charge is 2.20. The molecular weight excluding hydrogens is 470 g/mol. The number of aromatic nitrogens is 1. The molecule has 5 nitrogen and oxygen atoms in total. The fourth-order valence-electron chi connectivity index (χ4n) is 2.84. The van der Waals surface area contributed by atoms with Crippen LogP contribution in [-0.4, -0.2) is 24.2 Å². The quantitative estimate of drug-likeness (QED) is 0.359. The molecule has 0 spiro atoms. The number of nitrogens with zero attached hydrogens (tertiary/aromatic N) is 1. The van der Waals surface area contributed by atoms with Crippen LogP contribution in [0.5, 0.6) is 5.75 Å². The lowest BCUT2D eigenvalue weighted by Gasteiger charge is -2.09. The summed E-state index contributed by atoms with van der Waals surface area (Å²) in [5.74, 6) is -3.07. The number of halogens is 3. The maximum atomic E-state index is 14.3. The summed E-state index contributed by atoms with van der Waals surface area (Å²) in [5, 5.41) is 3.37. The first-order valence-corrected chi connectivity index (χ1v) is 11.0. The molecule has 9 heteroatoms. The third-order valence-electron chi connectivity index (χ3n) is 4.42. The van der Waals surface area contributed by atoms with Crippen molar-refractivity contribution in [3.8, 4) is 5.75 Å². The van der Waals surface area contributed by atoms with Crippen LogP contribution in [0.25, 0.3) is 10.2 Å². The summed E-state index contributed by atoms with van der Waals surface area (Å²) in [6.07, 6.45) is 1.44. The van der Waals surface area contributed by atoms with Crippen LogP contribution in [0.3, 0.4) is 0 Å². The van der Waals surface area contributed by atoms with Crippen LogP contribution in [-0.2, 0) is 17.8 Å². The number of fused-ring (bicyclic) bond motifs is 1. The second-order valence-corrected chi connectivity index (χ2v) is 8.23. The van der Waals surface area contributed by atoms with Crippen LogP contribution >= 0.6 is 22.9 Å². The zero-order chi connectivity index (χ0) is 23.8. The van der Waals surface area contributed by atoms with Crippen molar-refractivity contribution in [2.24, 2.45) is 0 Å². The van der Waals surface area contributed by atoms with Gasteiger partial charge in [-0.2, -0.15) is 0 Å². The normalized spacial score (nSPS) is 10.3. The molecular formula is C24H19ClF2N2O3S. The first-order chi connectivity index (χ1) is 15.9. The minimum Gasteiger partial charge on any atom is -0.483 e. The van der Waals surface area contributed by atoms with Crippen molar-refractivity contribution in [2.75, 3.05) is 7.05 Å². The Morgan fingerprint density at radius 2 is 1.91 bits per heavy atom. The lowest BCUT2D eigenvalue weighted by atomic mass is 10.1. The summed E-state index contributed by atoms with van der Waals surface area (Å²) >= 11 is 7.29. The Hall–Kier alpha value is -3.36. The summed E-state index contributed by atoms with van der Waals surface area (Å²) in [6, 6.07) is 17.1. The third kappa shape index (κ3) is 6.34. The Kier molecular flexibility index (Phi) is 8.46. The molecule has 1 N–H and O–H groups in total. The summed E-state index contributed by atoms with van der Waals surface area (Å²) in [5.41, 5.74) is 1.12. The molecule has 0 aliphatic carbocycles. The molecule has 0 atom stereocenters. The molecule has 0 unspecified atom stereocenters. The van der Waals surface area contributed by atoms with Gasteiger partial charge in [0.15, 0.2) is 11.6 Å². The second-order valence-electron chi connectivity index (χ2n) is 6.68. The van der Waals surface area contributed by atoms with E-state index in [9.17, 15) is 18.4 Å². The second kappa shape index (κ2) is 11.5. The number of ether oxygens (including phenoxy) is 1. The minimum atomic E-state index is -1.04. The van der Waals surface area contributed by atoms with Crippen LogP contribution in [0.2, 0.25) is 5.02 Å². The number of nitrogens with one attached hydrogen (secondary N) is 1. The van der Waals surface area contributed by atoms with Crippen molar-refractivity contribution in [1.29, 1.82) is 0 Å². The van der Waals surface area contributed by atoms with Crippen molar-refractivity contribution in [3.63, 3.8) is 0 Å². The van der Waals surface area contributed by atoms with Gasteiger partial charge in [-0.3, -0.25) is 4.79 Å². The number of rotatable bonds is 6. The van der Waals surface area contributed by atoms with E-state index in [-0.39, 0.29) is 12.4 Å².